The summed E-state index contributed by atoms with van der Waals surface area (Å²) in [6.07, 6.45) is 2.58. The SMILES string of the molecule is Cc1cc2ccc(C3CCCN(C)C3)nc2s1. The predicted octanol–water partition coefficient (Wildman–Crippen LogP) is 3.41. The molecule has 3 heteroatoms. The van der Waals surface area contributed by atoms with E-state index >= 15 is 0 Å². The number of thiophene rings is 1. The Morgan fingerprint density at radius 3 is 3.12 bits per heavy atom. The van der Waals surface area contributed by atoms with E-state index in [-0.39, 0.29) is 0 Å². The van der Waals surface area contributed by atoms with E-state index in [0.717, 1.165) is 6.54 Å². The summed E-state index contributed by atoms with van der Waals surface area (Å²) in [7, 11) is 2.21. The van der Waals surface area contributed by atoms with Crippen LogP contribution in [0.2, 0.25) is 0 Å². The molecule has 0 N–H and O–H groups in total. The smallest absolute Gasteiger partial charge is 0.123 e. The fourth-order valence-electron chi connectivity index (χ4n) is 2.69. The van der Waals surface area contributed by atoms with E-state index in [1.165, 1.54) is 40.2 Å². The van der Waals surface area contributed by atoms with Crippen LogP contribution in [-0.4, -0.2) is 30.0 Å². The van der Waals surface area contributed by atoms with E-state index in [2.05, 4.69) is 37.1 Å². The molecule has 1 atom stereocenters. The maximum atomic E-state index is 4.85. The fourth-order valence-corrected chi connectivity index (χ4v) is 3.58. The topological polar surface area (TPSA) is 16.1 Å². The molecule has 0 bridgehead atoms. The number of aryl methyl sites for hydroxylation is 1. The second-order valence-electron chi connectivity index (χ2n) is 5.09. The van der Waals surface area contributed by atoms with Crippen molar-refractivity contribution in [1.82, 2.24) is 9.88 Å². The van der Waals surface area contributed by atoms with Crippen LogP contribution in [-0.2, 0) is 0 Å². The monoisotopic (exact) mass is 246 g/mol. The average molecular weight is 246 g/mol. The van der Waals surface area contributed by atoms with Gasteiger partial charge in [0.05, 0.1) is 0 Å². The molecule has 2 nitrogen and oxygen atoms in total. The Hall–Kier alpha value is -0.930. The van der Waals surface area contributed by atoms with Gasteiger partial charge in [0, 0.05) is 28.4 Å². The number of likely N-dealkylation sites (N-methyl/N-ethyl adjacent to an activating group) is 1. The molecule has 3 heterocycles. The largest absolute Gasteiger partial charge is 0.306 e. The zero-order valence-corrected chi connectivity index (χ0v) is 11.3. The van der Waals surface area contributed by atoms with Gasteiger partial charge in [-0.1, -0.05) is 6.07 Å². The molecule has 1 fully saturated rings. The zero-order chi connectivity index (χ0) is 11.8. The van der Waals surface area contributed by atoms with Crippen molar-refractivity contribution in [3.05, 3.63) is 28.8 Å². The molecule has 1 unspecified atom stereocenters. The Balaban J connectivity index is 1.94. The van der Waals surface area contributed by atoms with E-state index in [4.69, 9.17) is 4.98 Å². The number of piperidine rings is 1. The van der Waals surface area contributed by atoms with Gasteiger partial charge in [0.15, 0.2) is 0 Å². The average Bonchev–Trinajstić information content (AvgIpc) is 2.68. The van der Waals surface area contributed by atoms with Crippen LogP contribution in [0.5, 0.6) is 0 Å². The molecule has 3 rings (SSSR count). The lowest BCUT2D eigenvalue weighted by atomic mass is 9.94. The number of nitrogens with zero attached hydrogens (tertiary/aromatic N) is 2. The van der Waals surface area contributed by atoms with E-state index in [1.54, 1.807) is 11.3 Å². The predicted molar refractivity (Wildman–Crippen MR) is 73.8 cm³/mol. The van der Waals surface area contributed by atoms with Gasteiger partial charge in [0.2, 0.25) is 0 Å². The Bertz CT molecular complexity index is 532. The van der Waals surface area contributed by atoms with Crippen molar-refractivity contribution >= 4 is 21.6 Å². The molecule has 2 aromatic heterocycles. The van der Waals surface area contributed by atoms with E-state index < -0.39 is 0 Å². The summed E-state index contributed by atoms with van der Waals surface area (Å²) in [5.41, 5.74) is 1.28. The van der Waals surface area contributed by atoms with Crippen LogP contribution < -0.4 is 0 Å². The third kappa shape index (κ3) is 2.22. The number of hydrogen-bond donors (Lipinski definition) is 0. The second-order valence-corrected chi connectivity index (χ2v) is 6.32. The van der Waals surface area contributed by atoms with Crippen molar-refractivity contribution in [1.29, 1.82) is 0 Å². The molecule has 17 heavy (non-hydrogen) atoms. The normalized spacial score (nSPS) is 22.1. The molecule has 2 aromatic rings. The molecule has 0 spiro atoms. The first-order chi connectivity index (χ1) is 8.22. The molecule has 1 aliphatic rings. The Kier molecular flexibility index (Phi) is 2.89. The van der Waals surface area contributed by atoms with E-state index in [9.17, 15) is 0 Å². The standard InChI is InChI=1S/C14H18N2S/c1-10-8-11-5-6-13(15-14(11)17-10)12-4-3-7-16(2)9-12/h5-6,8,12H,3-4,7,9H2,1-2H3. The minimum atomic E-state index is 0.626. The van der Waals surface area contributed by atoms with Crippen molar-refractivity contribution in [2.75, 3.05) is 20.1 Å². The van der Waals surface area contributed by atoms with Crippen molar-refractivity contribution in [2.24, 2.45) is 0 Å². The van der Waals surface area contributed by atoms with Crippen LogP contribution in [0.3, 0.4) is 0 Å². The molecule has 0 aromatic carbocycles. The first-order valence-electron chi connectivity index (χ1n) is 6.28. The lowest BCUT2D eigenvalue weighted by Gasteiger charge is -2.29. The van der Waals surface area contributed by atoms with Crippen molar-refractivity contribution in [2.45, 2.75) is 25.7 Å². The van der Waals surface area contributed by atoms with Crippen LogP contribution in [0, 0.1) is 6.92 Å². The number of rotatable bonds is 1. The van der Waals surface area contributed by atoms with Gasteiger partial charge in [-0.25, -0.2) is 4.98 Å². The van der Waals surface area contributed by atoms with Crippen molar-refractivity contribution < 1.29 is 0 Å². The number of pyridine rings is 1. The number of likely N-dealkylation sites (tertiary alicyclic amines) is 1. The van der Waals surface area contributed by atoms with Crippen LogP contribution in [0.4, 0.5) is 0 Å². The minimum Gasteiger partial charge on any atom is -0.306 e. The van der Waals surface area contributed by atoms with Gasteiger partial charge >= 0.3 is 0 Å². The molecule has 90 valence electrons. The molecule has 0 amide bonds. The summed E-state index contributed by atoms with van der Waals surface area (Å²) >= 11 is 1.81. The highest BCUT2D eigenvalue weighted by molar-refractivity contribution is 7.18. The van der Waals surface area contributed by atoms with Gasteiger partial charge in [-0.05, 0) is 45.5 Å². The van der Waals surface area contributed by atoms with Crippen LogP contribution in [0.1, 0.15) is 29.3 Å². The van der Waals surface area contributed by atoms with E-state index in [1.807, 2.05) is 0 Å². The lowest BCUT2D eigenvalue weighted by Crippen LogP contribution is -2.31. The third-order valence-corrected chi connectivity index (χ3v) is 4.53. The van der Waals surface area contributed by atoms with Gasteiger partial charge in [0.25, 0.3) is 0 Å². The highest BCUT2D eigenvalue weighted by Crippen LogP contribution is 2.29. The van der Waals surface area contributed by atoms with Crippen LogP contribution in [0.25, 0.3) is 10.2 Å². The summed E-state index contributed by atoms with van der Waals surface area (Å²) in [5.74, 6) is 0.626. The van der Waals surface area contributed by atoms with Gasteiger partial charge in [0.1, 0.15) is 4.83 Å². The molecule has 0 saturated carbocycles. The van der Waals surface area contributed by atoms with Crippen molar-refractivity contribution in [3.8, 4) is 0 Å². The summed E-state index contributed by atoms with van der Waals surface area (Å²) in [6, 6.07) is 6.68. The second kappa shape index (κ2) is 4.39. The molecule has 1 saturated heterocycles. The summed E-state index contributed by atoms with van der Waals surface area (Å²) < 4.78 is 0. The Labute approximate surface area is 106 Å². The van der Waals surface area contributed by atoms with Crippen LogP contribution in [0.15, 0.2) is 18.2 Å². The van der Waals surface area contributed by atoms with E-state index in [0.29, 0.717) is 5.92 Å². The first-order valence-corrected chi connectivity index (χ1v) is 7.09. The third-order valence-electron chi connectivity index (χ3n) is 3.57. The molecule has 1 aliphatic heterocycles. The molecular formula is C14H18N2S. The lowest BCUT2D eigenvalue weighted by molar-refractivity contribution is 0.248. The molecular weight excluding hydrogens is 228 g/mol. The van der Waals surface area contributed by atoms with Crippen LogP contribution >= 0.6 is 11.3 Å². The maximum Gasteiger partial charge on any atom is 0.123 e. The Morgan fingerprint density at radius 2 is 2.29 bits per heavy atom. The highest BCUT2D eigenvalue weighted by atomic mass is 32.1. The number of fused-ring (bicyclic) bond motifs is 1. The fraction of sp³-hybridized carbons (Fsp3) is 0.500. The maximum absolute atomic E-state index is 4.85. The summed E-state index contributed by atoms with van der Waals surface area (Å²) in [5, 5.41) is 1.29. The summed E-state index contributed by atoms with van der Waals surface area (Å²) in [4.78, 5) is 9.82. The van der Waals surface area contributed by atoms with Gasteiger partial charge in [-0.2, -0.15) is 0 Å². The first kappa shape index (κ1) is 11.2. The highest BCUT2D eigenvalue weighted by Gasteiger charge is 2.20. The minimum absolute atomic E-state index is 0.626. The molecule has 0 radical (unpaired) electrons. The van der Waals surface area contributed by atoms with Gasteiger partial charge < -0.3 is 4.90 Å². The number of aromatic nitrogens is 1. The van der Waals surface area contributed by atoms with Crippen molar-refractivity contribution in [3.63, 3.8) is 0 Å². The summed E-state index contributed by atoms with van der Waals surface area (Å²) in [6.45, 7) is 4.54. The number of hydrogen-bond acceptors (Lipinski definition) is 3. The van der Waals surface area contributed by atoms with Gasteiger partial charge in [-0.15, -0.1) is 11.3 Å². The Morgan fingerprint density at radius 1 is 1.41 bits per heavy atom. The van der Waals surface area contributed by atoms with Gasteiger partial charge in [-0.3, -0.25) is 0 Å². The zero-order valence-electron chi connectivity index (χ0n) is 10.4. The quantitative estimate of drug-likeness (QED) is 0.766. The molecule has 0 aliphatic carbocycles.